The van der Waals surface area contributed by atoms with Crippen LogP contribution in [-0.2, 0) is 27.0 Å². The Morgan fingerprint density at radius 3 is 2.49 bits per heavy atom. The zero-order chi connectivity index (χ0) is 27.6. The van der Waals surface area contributed by atoms with E-state index in [-0.39, 0.29) is 23.3 Å². The van der Waals surface area contributed by atoms with Crippen molar-refractivity contribution in [2.75, 3.05) is 11.4 Å². The number of pyridine rings is 1. The van der Waals surface area contributed by atoms with Crippen LogP contribution >= 0.6 is 0 Å². The number of nitriles is 1. The van der Waals surface area contributed by atoms with Gasteiger partial charge in [0.1, 0.15) is 6.04 Å². The Kier molecular flexibility index (Phi) is 7.66. The van der Waals surface area contributed by atoms with Crippen LogP contribution in [0.5, 0.6) is 0 Å². The Balaban J connectivity index is 1.68. The predicted molar refractivity (Wildman–Crippen MR) is 152 cm³/mol. The number of aryl methyl sites for hydroxylation is 1. The molecular formula is C32H41N5O2. The topological polar surface area (TPSA) is 89.3 Å². The molecule has 2 fully saturated rings. The highest BCUT2D eigenvalue weighted by molar-refractivity contribution is 6.06. The Morgan fingerprint density at radius 1 is 1.05 bits per heavy atom. The molecule has 1 aliphatic heterocycles. The Bertz CT molecular complexity index is 1240. The second kappa shape index (κ2) is 11.0. The van der Waals surface area contributed by atoms with Gasteiger partial charge in [-0.3, -0.25) is 24.4 Å². The van der Waals surface area contributed by atoms with Gasteiger partial charge in [0.2, 0.25) is 0 Å². The first kappa shape index (κ1) is 27.2. The molecule has 7 heteroatoms. The Morgan fingerprint density at radius 2 is 1.79 bits per heavy atom. The van der Waals surface area contributed by atoms with Crippen molar-refractivity contribution in [3.63, 3.8) is 0 Å². The highest BCUT2D eigenvalue weighted by Gasteiger charge is 2.53. The van der Waals surface area contributed by atoms with Gasteiger partial charge in [0.25, 0.3) is 11.8 Å². The maximum Gasteiger partial charge on any atom is 0.251 e. The van der Waals surface area contributed by atoms with Gasteiger partial charge in [0, 0.05) is 36.2 Å². The molecule has 0 spiro atoms. The molecule has 3 aliphatic rings. The zero-order valence-electron chi connectivity index (χ0n) is 23.6. The second-order valence-corrected chi connectivity index (χ2v) is 12.5. The molecule has 2 atom stereocenters. The molecule has 1 saturated carbocycles. The maximum absolute atomic E-state index is 14.7. The summed E-state index contributed by atoms with van der Waals surface area (Å²) in [5, 5.41) is 13.2. The number of amides is 2. The van der Waals surface area contributed by atoms with Crippen molar-refractivity contribution in [2.24, 2.45) is 0 Å². The van der Waals surface area contributed by atoms with E-state index in [1.807, 2.05) is 18.2 Å². The third-order valence-electron chi connectivity index (χ3n) is 8.92. The van der Waals surface area contributed by atoms with E-state index in [2.05, 4.69) is 49.4 Å². The van der Waals surface area contributed by atoms with Gasteiger partial charge in [-0.25, -0.2) is 0 Å². The van der Waals surface area contributed by atoms with Crippen LogP contribution in [0, 0.1) is 11.5 Å². The Hall–Kier alpha value is -3.40. The first-order valence-corrected chi connectivity index (χ1v) is 14.6. The summed E-state index contributed by atoms with van der Waals surface area (Å²) in [7, 11) is 0. The lowest BCUT2D eigenvalue weighted by Crippen LogP contribution is -2.63. The van der Waals surface area contributed by atoms with Gasteiger partial charge in [-0.1, -0.05) is 52.2 Å². The molecule has 206 valence electrons. The molecule has 0 bridgehead atoms. The molecule has 0 radical (unpaired) electrons. The summed E-state index contributed by atoms with van der Waals surface area (Å²) < 4.78 is 0. The smallest absolute Gasteiger partial charge is 0.251 e. The van der Waals surface area contributed by atoms with Gasteiger partial charge in [0.05, 0.1) is 0 Å². The van der Waals surface area contributed by atoms with Gasteiger partial charge in [-0.05, 0) is 79.7 Å². The number of carbonyl (C=O) groups is 2. The number of fused-ring (bicyclic) bond motifs is 1. The summed E-state index contributed by atoms with van der Waals surface area (Å²) in [5.41, 5.74) is 2.43. The minimum absolute atomic E-state index is 0.0478. The first-order chi connectivity index (χ1) is 18.8. The summed E-state index contributed by atoms with van der Waals surface area (Å²) >= 11 is 0. The highest BCUT2D eigenvalue weighted by Crippen LogP contribution is 2.44. The Labute approximate surface area is 232 Å². The zero-order valence-corrected chi connectivity index (χ0v) is 23.6. The predicted octanol–water partition coefficient (Wildman–Crippen LogP) is 5.34. The second-order valence-electron chi connectivity index (χ2n) is 12.5. The highest BCUT2D eigenvalue weighted by atomic mass is 16.2. The fourth-order valence-electron chi connectivity index (χ4n) is 6.74. The number of likely N-dealkylation sites (tertiary alicyclic amines) is 1. The fourth-order valence-corrected chi connectivity index (χ4v) is 6.74. The molecule has 2 amide bonds. The minimum Gasteiger partial charge on any atom is -0.351 e. The summed E-state index contributed by atoms with van der Waals surface area (Å²) in [5.74, 6) is -0.314. The molecule has 39 heavy (non-hydrogen) atoms. The van der Waals surface area contributed by atoms with Crippen molar-refractivity contribution < 1.29 is 9.59 Å². The van der Waals surface area contributed by atoms with Crippen LogP contribution in [0.1, 0.15) is 95.2 Å². The van der Waals surface area contributed by atoms with E-state index < -0.39 is 11.6 Å². The molecular weight excluding hydrogens is 486 g/mol. The number of nitrogens with zero attached hydrogens (tertiary/aromatic N) is 4. The van der Waals surface area contributed by atoms with E-state index in [0.717, 1.165) is 61.6 Å². The SMILES string of the molecule is CC(C)(C)c1ccc(N(C(=O)[C@H]2CCCN2C#N)C2(C(=O)NC3CCCCC3)CCCc3ccncc32)cc1. The molecule has 7 nitrogen and oxygen atoms in total. The molecule has 2 heterocycles. The lowest BCUT2D eigenvalue weighted by molar-refractivity contribution is -0.133. The van der Waals surface area contributed by atoms with Crippen LogP contribution in [0.2, 0.25) is 0 Å². The lowest BCUT2D eigenvalue weighted by Gasteiger charge is -2.47. The third-order valence-corrected chi connectivity index (χ3v) is 8.92. The van der Waals surface area contributed by atoms with Crippen LogP contribution in [0.25, 0.3) is 0 Å². The standard InChI is InChI=1S/C32H41N5O2/c1-31(2,3)24-13-15-26(16-14-24)37(29(38)28-12-8-20-36(28)22-33)32(30(39)35-25-10-5-4-6-11-25)18-7-9-23-17-19-34-21-27(23)32/h13-17,19,21,25,28H,4-12,18,20H2,1-3H3,(H,35,39)/t28-,32?/m1/s1. The average Bonchev–Trinajstić information content (AvgIpc) is 3.43. The monoisotopic (exact) mass is 527 g/mol. The van der Waals surface area contributed by atoms with Gasteiger partial charge < -0.3 is 5.32 Å². The number of anilines is 1. The van der Waals surface area contributed by atoms with Crippen LogP contribution in [0.3, 0.4) is 0 Å². The number of nitrogens with one attached hydrogen (secondary N) is 1. The molecule has 2 aliphatic carbocycles. The van der Waals surface area contributed by atoms with E-state index in [0.29, 0.717) is 25.1 Å². The number of rotatable bonds is 5. The van der Waals surface area contributed by atoms with E-state index in [1.165, 1.54) is 6.42 Å². The molecule has 2 aromatic rings. The van der Waals surface area contributed by atoms with Gasteiger partial charge in [-0.15, -0.1) is 0 Å². The van der Waals surface area contributed by atoms with Gasteiger partial charge >= 0.3 is 0 Å². The first-order valence-electron chi connectivity index (χ1n) is 14.6. The normalized spacial score (nSPS) is 23.5. The van der Waals surface area contributed by atoms with E-state index in [1.54, 1.807) is 22.2 Å². The number of hydrogen-bond donors (Lipinski definition) is 1. The number of carbonyl (C=O) groups excluding carboxylic acids is 2. The molecule has 5 rings (SSSR count). The lowest BCUT2D eigenvalue weighted by atomic mass is 9.74. The summed E-state index contributed by atoms with van der Waals surface area (Å²) in [6.07, 6.45) is 14.6. The number of aromatic nitrogens is 1. The van der Waals surface area contributed by atoms with Crippen LogP contribution in [0.15, 0.2) is 42.7 Å². The molecule has 1 saturated heterocycles. The van der Waals surface area contributed by atoms with Crippen molar-refractivity contribution >= 4 is 17.5 Å². The van der Waals surface area contributed by atoms with Crippen molar-refractivity contribution in [3.8, 4) is 6.19 Å². The summed E-state index contributed by atoms with van der Waals surface area (Å²) in [6.45, 7) is 7.05. The number of benzene rings is 1. The van der Waals surface area contributed by atoms with Crippen molar-refractivity contribution in [3.05, 3.63) is 59.4 Å². The van der Waals surface area contributed by atoms with Crippen LogP contribution in [-0.4, -0.2) is 40.3 Å². The quantitative estimate of drug-likeness (QED) is 0.531. The maximum atomic E-state index is 14.7. The molecule has 1 unspecified atom stereocenters. The average molecular weight is 528 g/mol. The van der Waals surface area contributed by atoms with E-state index in [9.17, 15) is 14.9 Å². The van der Waals surface area contributed by atoms with Crippen molar-refractivity contribution in [1.29, 1.82) is 5.26 Å². The summed E-state index contributed by atoms with van der Waals surface area (Å²) in [6, 6.07) is 9.58. The number of hydrogen-bond acceptors (Lipinski definition) is 5. The van der Waals surface area contributed by atoms with Crippen molar-refractivity contribution in [1.82, 2.24) is 15.2 Å². The van der Waals surface area contributed by atoms with Crippen LogP contribution < -0.4 is 10.2 Å². The fraction of sp³-hybridized carbons (Fsp3) is 0.562. The van der Waals surface area contributed by atoms with Crippen molar-refractivity contribution in [2.45, 2.75) is 108 Å². The largest absolute Gasteiger partial charge is 0.351 e. The molecule has 1 aromatic heterocycles. The van der Waals surface area contributed by atoms with Crippen LogP contribution in [0.4, 0.5) is 5.69 Å². The van der Waals surface area contributed by atoms with E-state index >= 15 is 0 Å². The van der Waals surface area contributed by atoms with E-state index in [4.69, 9.17) is 0 Å². The summed E-state index contributed by atoms with van der Waals surface area (Å²) in [4.78, 5) is 37.1. The van der Waals surface area contributed by atoms with Gasteiger partial charge in [0.15, 0.2) is 11.7 Å². The minimum atomic E-state index is -1.23. The molecule has 1 aromatic carbocycles. The molecule has 1 N–H and O–H groups in total. The third kappa shape index (κ3) is 5.14. The van der Waals surface area contributed by atoms with Gasteiger partial charge in [-0.2, -0.15) is 5.26 Å².